The number of Topliss-reactive ketones (excluding diaryl/α,β-unsaturated/α-hetero) is 1. The third kappa shape index (κ3) is 3.76. The fraction of sp³-hybridized carbons (Fsp3) is 0.286. The van der Waals surface area contributed by atoms with Crippen LogP contribution < -0.4 is 9.64 Å². The van der Waals surface area contributed by atoms with Crippen LogP contribution >= 0.6 is 0 Å². The van der Waals surface area contributed by atoms with E-state index in [0.717, 1.165) is 6.07 Å². The molecule has 0 bridgehead atoms. The molecule has 1 aromatic rings. The van der Waals surface area contributed by atoms with Crippen molar-refractivity contribution >= 4 is 23.1 Å². The zero-order chi connectivity index (χ0) is 19.7. The molecule has 2 rings (SSSR count). The Bertz CT molecular complexity index is 828. The van der Waals surface area contributed by atoms with Gasteiger partial charge >= 0.3 is 18.2 Å². The van der Waals surface area contributed by atoms with Crippen molar-refractivity contribution in [2.75, 3.05) is 18.0 Å². The van der Waals surface area contributed by atoms with Crippen molar-refractivity contribution in [3.8, 4) is 18.1 Å². The van der Waals surface area contributed by atoms with Gasteiger partial charge in [0.05, 0.1) is 12.2 Å². The summed E-state index contributed by atoms with van der Waals surface area (Å²) < 4.78 is 81.1. The number of amides is 1. The predicted molar refractivity (Wildman–Crippen MR) is 73.6 cm³/mol. The van der Waals surface area contributed by atoms with Gasteiger partial charge in [0.1, 0.15) is 12.2 Å². The van der Waals surface area contributed by atoms with E-state index in [1.807, 2.05) is 5.92 Å². The van der Waals surface area contributed by atoms with Gasteiger partial charge in [0.2, 0.25) is 0 Å². The van der Waals surface area contributed by atoms with Crippen LogP contribution in [-0.2, 0) is 9.59 Å². The largest absolute Gasteiger partial charge is 0.483 e. The van der Waals surface area contributed by atoms with Crippen LogP contribution in [0.25, 0.3) is 0 Å². The normalized spacial score (nSPS) is 16.2. The number of alkyl halides is 5. The Labute approximate surface area is 141 Å². The molecule has 26 heavy (non-hydrogen) atoms. The third-order valence-electron chi connectivity index (χ3n) is 3.01. The number of halogens is 6. The van der Waals surface area contributed by atoms with Gasteiger partial charge in [-0.15, -0.1) is 6.42 Å². The molecule has 1 amide bonds. The Hall–Kier alpha value is -3.10. The molecule has 1 aliphatic rings. The molecule has 0 fully saturated rings. The Morgan fingerprint density at radius 2 is 2.00 bits per heavy atom. The number of terminal acetylenes is 1. The number of ketones is 1. The van der Waals surface area contributed by atoms with E-state index in [1.165, 1.54) is 0 Å². The minimum Gasteiger partial charge on any atom is -0.423 e. The van der Waals surface area contributed by atoms with Crippen LogP contribution in [0, 0.1) is 18.2 Å². The standard InChI is InChI=1S/C14H7F6N3O3/c1-2-3-23-9-5-8(22-21-6-11(24)13(16,17)18)7(15)4-10(9)26-14(19,20)12(23)25/h1,4-5H,3,6H2. The topological polar surface area (TPSA) is 71.3 Å². The third-order valence-corrected chi connectivity index (χ3v) is 3.01. The molecule has 0 saturated carbocycles. The molecule has 0 unspecified atom stereocenters. The van der Waals surface area contributed by atoms with Gasteiger partial charge in [-0.2, -0.15) is 32.2 Å². The molecule has 1 heterocycles. The molecule has 0 N–H and O–H groups in total. The summed E-state index contributed by atoms with van der Waals surface area (Å²) in [5.74, 6) is -4.09. The van der Waals surface area contributed by atoms with Gasteiger partial charge in [-0.1, -0.05) is 5.92 Å². The summed E-state index contributed by atoms with van der Waals surface area (Å²) in [7, 11) is 0. The van der Waals surface area contributed by atoms with E-state index >= 15 is 0 Å². The molecule has 0 saturated heterocycles. The Morgan fingerprint density at radius 3 is 2.58 bits per heavy atom. The summed E-state index contributed by atoms with van der Waals surface area (Å²) in [6.07, 6.45) is -4.42. The fourth-order valence-corrected chi connectivity index (χ4v) is 1.86. The van der Waals surface area contributed by atoms with Crippen molar-refractivity contribution in [3.63, 3.8) is 0 Å². The van der Waals surface area contributed by atoms with Crippen LogP contribution in [0.4, 0.5) is 37.7 Å². The number of anilines is 1. The average molecular weight is 379 g/mol. The van der Waals surface area contributed by atoms with Gasteiger partial charge in [0.25, 0.3) is 5.78 Å². The zero-order valence-electron chi connectivity index (χ0n) is 12.5. The molecule has 138 valence electrons. The lowest BCUT2D eigenvalue weighted by Crippen LogP contribution is -2.50. The Kier molecular flexibility index (Phi) is 4.93. The molecule has 0 atom stereocenters. The summed E-state index contributed by atoms with van der Waals surface area (Å²) in [6.45, 7) is -2.01. The number of fused-ring (bicyclic) bond motifs is 1. The van der Waals surface area contributed by atoms with Gasteiger partial charge in [-0.25, -0.2) is 4.39 Å². The van der Waals surface area contributed by atoms with Crippen LogP contribution in [0.1, 0.15) is 0 Å². The summed E-state index contributed by atoms with van der Waals surface area (Å²) in [5, 5.41) is 6.04. The number of rotatable bonds is 4. The first kappa shape index (κ1) is 19.2. The number of benzene rings is 1. The van der Waals surface area contributed by atoms with E-state index < -0.39 is 54.3 Å². The molecule has 1 aromatic carbocycles. The first-order valence-corrected chi connectivity index (χ1v) is 6.60. The maximum Gasteiger partial charge on any atom is 0.483 e. The lowest BCUT2D eigenvalue weighted by Gasteiger charge is -2.32. The van der Waals surface area contributed by atoms with E-state index in [9.17, 15) is 35.9 Å². The Balaban J connectivity index is 2.37. The quantitative estimate of drug-likeness (QED) is 0.459. The molecule has 0 aliphatic carbocycles. The van der Waals surface area contributed by atoms with E-state index in [1.54, 1.807) is 0 Å². The average Bonchev–Trinajstić information content (AvgIpc) is 2.51. The van der Waals surface area contributed by atoms with Gasteiger partial charge in [0, 0.05) is 6.07 Å². The highest BCUT2D eigenvalue weighted by Crippen LogP contribution is 2.42. The van der Waals surface area contributed by atoms with Crippen molar-refractivity contribution in [1.29, 1.82) is 0 Å². The summed E-state index contributed by atoms with van der Waals surface area (Å²) in [4.78, 5) is 22.7. The molecule has 12 heteroatoms. The number of ether oxygens (including phenoxy) is 1. The molecule has 1 aliphatic heterocycles. The number of carbonyl (C=O) groups is 2. The fourth-order valence-electron chi connectivity index (χ4n) is 1.86. The van der Waals surface area contributed by atoms with Crippen molar-refractivity contribution < 1.29 is 40.7 Å². The van der Waals surface area contributed by atoms with Crippen molar-refractivity contribution in [3.05, 3.63) is 17.9 Å². The van der Waals surface area contributed by atoms with E-state index in [-0.39, 0.29) is 5.69 Å². The lowest BCUT2D eigenvalue weighted by molar-refractivity contribution is -0.192. The molecular weight excluding hydrogens is 372 g/mol. The van der Waals surface area contributed by atoms with E-state index in [4.69, 9.17) is 6.42 Å². The van der Waals surface area contributed by atoms with Crippen LogP contribution in [0.3, 0.4) is 0 Å². The number of carbonyl (C=O) groups excluding carboxylic acids is 2. The highest BCUT2D eigenvalue weighted by molar-refractivity contribution is 6.01. The minimum atomic E-state index is -5.14. The van der Waals surface area contributed by atoms with Gasteiger partial charge in [0.15, 0.2) is 11.6 Å². The zero-order valence-corrected chi connectivity index (χ0v) is 12.5. The number of nitrogens with zero attached hydrogens (tertiary/aromatic N) is 3. The summed E-state index contributed by atoms with van der Waals surface area (Å²) >= 11 is 0. The van der Waals surface area contributed by atoms with Crippen molar-refractivity contribution in [1.82, 2.24) is 0 Å². The van der Waals surface area contributed by atoms with E-state index in [2.05, 4.69) is 15.0 Å². The lowest BCUT2D eigenvalue weighted by atomic mass is 10.2. The van der Waals surface area contributed by atoms with E-state index in [0.29, 0.717) is 11.0 Å². The van der Waals surface area contributed by atoms with Crippen LogP contribution in [0.15, 0.2) is 22.4 Å². The van der Waals surface area contributed by atoms with Gasteiger partial charge in [-0.05, 0) is 6.07 Å². The minimum absolute atomic E-state index is 0.378. The molecular formula is C14H7F6N3O3. The molecule has 6 nitrogen and oxygen atoms in total. The highest BCUT2D eigenvalue weighted by atomic mass is 19.4. The maximum absolute atomic E-state index is 13.9. The van der Waals surface area contributed by atoms with Crippen molar-refractivity contribution in [2.24, 2.45) is 10.2 Å². The SMILES string of the molecule is C#CCN1C(=O)C(F)(F)Oc2cc(F)c(N=NCC(=O)C(F)(F)F)cc21. The molecule has 0 aromatic heterocycles. The first-order chi connectivity index (χ1) is 12.0. The number of hydrogen-bond donors (Lipinski definition) is 0. The smallest absolute Gasteiger partial charge is 0.423 e. The second-order valence-electron chi connectivity index (χ2n) is 4.81. The number of azo groups is 1. The number of hydrogen-bond acceptors (Lipinski definition) is 5. The van der Waals surface area contributed by atoms with Crippen LogP contribution in [0.2, 0.25) is 0 Å². The summed E-state index contributed by atoms with van der Waals surface area (Å²) in [6, 6.07) is 1.18. The second-order valence-corrected chi connectivity index (χ2v) is 4.81. The monoisotopic (exact) mass is 379 g/mol. The maximum atomic E-state index is 13.9. The van der Waals surface area contributed by atoms with Crippen molar-refractivity contribution in [2.45, 2.75) is 12.3 Å². The van der Waals surface area contributed by atoms with Crippen LogP contribution in [0.5, 0.6) is 5.75 Å². The second kappa shape index (κ2) is 6.66. The molecule has 0 spiro atoms. The highest BCUT2D eigenvalue weighted by Gasteiger charge is 2.50. The van der Waals surface area contributed by atoms with Gasteiger partial charge < -0.3 is 4.74 Å². The first-order valence-electron chi connectivity index (χ1n) is 6.60. The molecule has 0 radical (unpaired) electrons. The van der Waals surface area contributed by atoms with Crippen LogP contribution in [-0.4, -0.2) is 37.1 Å². The summed E-state index contributed by atoms with van der Waals surface area (Å²) in [5.41, 5.74) is -1.08. The Morgan fingerprint density at radius 1 is 1.35 bits per heavy atom. The predicted octanol–water partition coefficient (Wildman–Crippen LogP) is 2.99. The van der Waals surface area contributed by atoms with Gasteiger partial charge in [-0.3, -0.25) is 14.5 Å².